The van der Waals surface area contributed by atoms with Crippen molar-refractivity contribution in [2.24, 2.45) is 5.41 Å². The molecule has 2 heteroatoms. The van der Waals surface area contributed by atoms with Gasteiger partial charge in [0.1, 0.15) is 0 Å². The molecular weight excluding hydrogens is 162 g/mol. The molecule has 0 bridgehead atoms. The van der Waals surface area contributed by atoms with Crippen molar-refractivity contribution >= 4 is 0 Å². The largest absolute Gasteiger partial charge is 0.396 e. The van der Waals surface area contributed by atoms with E-state index in [1.165, 1.54) is 12.8 Å². The van der Waals surface area contributed by atoms with Crippen LogP contribution in [0.4, 0.5) is 0 Å². The van der Waals surface area contributed by atoms with Crippen LogP contribution in [0.5, 0.6) is 0 Å². The van der Waals surface area contributed by atoms with Gasteiger partial charge < -0.3 is 10.4 Å². The van der Waals surface area contributed by atoms with Crippen LogP contribution in [-0.2, 0) is 0 Å². The van der Waals surface area contributed by atoms with E-state index in [0.29, 0.717) is 0 Å². The highest BCUT2D eigenvalue weighted by Gasteiger charge is 2.21. The summed E-state index contributed by atoms with van der Waals surface area (Å²) in [5.74, 6) is 0. The van der Waals surface area contributed by atoms with Gasteiger partial charge in [-0.1, -0.05) is 27.2 Å². The fraction of sp³-hybridized carbons (Fsp3) is 1.00. The Hall–Kier alpha value is -0.0800. The molecule has 2 N–H and O–H groups in total. The molecule has 0 aliphatic heterocycles. The van der Waals surface area contributed by atoms with Crippen molar-refractivity contribution < 1.29 is 5.11 Å². The normalized spacial score (nSPS) is 13.4. The predicted molar refractivity (Wildman–Crippen MR) is 57.9 cm³/mol. The van der Waals surface area contributed by atoms with Gasteiger partial charge in [-0.25, -0.2) is 0 Å². The van der Waals surface area contributed by atoms with Crippen LogP contribution in [-0.4, -0.2) is 23.8 Å². The second kappa shape index (κ2) is 4.97. The SMILES string of the molecule is CCCC(C)(C)NCC(C)(C)CO. The summed E-state index contributed by atoms with van der Waals surface area (Å²) in [6.45, 7) is 11.9. The molecule has 0 saturated heterocycles. The highest BCUT2D eigenvalue weighted by Crippen LogP contribution is 2.16. The number of nitrogens with one attached hydrogen (secondary N) is 1. The van der Waals surface area contributed by atoms with E-state index in [4.69, 9.17) is 5.11 Å². The van der Waals surface area contributed by atoms with E-state index in [0.717, 1.165) is 6.54 Å². The highest BCUT2D eigenvalue weighted by molar-refractivity contribution is 4.80. The van der Waals surface area contributed by atoms with Crippen molar-refractivity contribution in [2.75, 3.05) is 13.2 Å². The van der Waals surface area contributed by atoms with E-state index >= 15 is 0 Å². The van der Waals surface area contributed by atoms with Crippen molar-refractivity contribution in [3.8, 4) is 0 Å². The first-order valence-electron chi connectivity index (χ1n) is 5.19. The molecule has 0 amide bonds. The quantitative estimate of drug-likeness (QED) is 0.668. The summed E-state index contributed by atoms with van der Waals surface area (Å²) in [6.07, 6.45) is 2.37. The third-order valence-electron chi connectivity index (χ3n) is 2.35. The van der Waals surface area contributed by atoms with Gasteiger partial charge in [0, 0.05) is 24.1 Å². The Morgan fingerprint density at radius 2 is 1.69 bits per heavy atom. The van der Waals surface area contributed by atoms with Gasteiger partial charge >= 0.3 is 0 Å². The fourth-order valence-electron chi connectivity index (χ4n) is 1.25. The molecule has 0 aliphatic carbocycles. The van der Waals surface area contributed by atoms with Crippen LogP contribution in [0.3, 0.4) is 0 Å². The van der Waals surface area contributed by atoms with Crippen LogP contribution in [0.25, 0.3) is 0 Å². The molecule has 0 saturated carbocycles. The second-order valence-electron chi connectivity index (χ2n) is 5.31. The summed E-state index contributed by atoms with van der Waals surface area (Å²) < 4.78 is 0. The molecule has 2 nitrogen and oxygen atoms in total. The van der Waals surface area contributed by atoms with Crippen LogP contribution in [0.2, 0.25) is 0 Å². The van der Waals surface area contributed by atoms with Gasteiger partial charge in [-0.05, 0) is 20.3 Å². The standard InChI is InChI=1S/C11H25NO/c1-6-7-11(4,5)12-8-10(2,3)9-13/h12-13H,6-9H2,1-5H3. The van der Waals surface area contributed by atoms with E-state index in [-0.39, 0.29) is 17.6 Å². The molecule has 0 unspecified atom stereocenters. The first kappa shape index (κ1) is 12.9. The Morgan fingerprint density at radius 1 is 1.15 bits per heavy atom. The number of hydrogen-bond acceptors (Lipinski definition) is 2. The molecule has 13 heavy (non-hydrogen) atoms. The van der Waals surface area contributed by atoms with Crippen LogP contribution in [0.1, 0.15) is 47.5 Å². The summed E-state index contributed by atoms with van der Waals surface area (Å²) in [5.41, 5.74) is 0.187. The Bertz CT molecular complexity index is 141. The maximum absolute atomic E-state index is 9.08. The third-order valence-corrected chi connectivity index (χ3v) is 2.35. The summed E-state index contributed by atoms with van der Waals surface area (Å²) in [6, 6.07) is 0. The number of rotatable bonds is 6. The van der Waals surface area contributed by atoms with Crippen molar-refractivity contribution in [2.45, 2.75) is 53.0 Å². The van der Waals surface area contributed by atoms with Crippen LogP contribution in [0, 0.1) is 5.41 Å². The molecule has 0 radical (unpaired) electrons. The summed E-state index contributed by atoms with van der Waals surface area (Å²) in [5, 5.41) is 12.6. The monoisotopic (exact) mass is 187 g/mol. The summed E-state index contributed by atoms with van der Waals surface area (Å²) in [4.78, 5) is 0. The Morgan fingerprint density at radius 3 is 2.08 bits per heavy atom. The molecule has 0 heterocycles. The average Bonchev–Trinajstić information content (AvgIpc) is 2.02. The van der Waals surface area contributed by atoms with E-state index in [1.54, 1.807) is 0 Å². The lowest BCUT2D eigenvalue weighted by Crippen LogP contribution is -2.45. The van der Waals surface area contributed by atoms with Gasteiger partial charge in [0.15, 0.2) is 0 Å². The van der Waals surface area contributed by atoms with E-state index < -0.39 is 0 Å². The van der Waals surface area contributed by atoms with Gasteiger partial charge in [0.25, 0.3) is 0 Å². The lowest BCUT2D eigenvalue weighted by Gasteiger charge is -2.31. The van der Waals surface area contributed by atoms with Gasteiger partial charge in [-0.3, -0.25) is 0 Å². The highest BCUT2D eigenvalue weighted by atomic mass is 16.3. The molecule has 0 aromatic rings. The molecule has 80 valence electrons. The lowest BCUT2D eigenvalue weighted by atomic mass is 9.91. The molecule has 0 aromatic heterocycles. The van der Waals surface area contributed by atoms with Gasteiger partial charge in [0.2, 0.25) is 0 Å². The van der Waals surface area contributed by atoms with Crippen molar-refractivity contribution in [1.82, 2.24) is 5.32 Å². The van der Waals surface area contributed by atoms with Crippen molar-refractivity contribution in [3.63, 3.8) is 0 Å². The molecule has 0 fully saturated rings. The van der Waals surface area contributed by atoms with Crippen LogP contribution in [0.15, 0.2) is 0 Å². The second-order valence-corrected chi connectivity index (χ2v) is 5.31. The van der Waals surface area contributed by atoms with E-state index in [9.17, 15) is 0 Å². The molecule has 0 rings (SSSR count). The molecular formula is C11H25NO. The van der Waals surface area contributed by atoms with Crippen molar-refractivity contribution in [3.05, 3.63) is 0 Å². The smallest absolute Gasteiger partial charge is 0.0494 e. The van der Waals surface area contributed by atoms with Crippen molar-refractivity contribution in [1.29, 1.82) is 0 Å². The molecule has 0 aliphatic rings. The maximum atomic E-state index is 9.08. The summed E-state index contributed by atoms with van der Waals surface area (Å²) >= 11 is 0. The van der Waals surface area contributed by atoms with Crippen LogP contribution < -0.4 is 5.32 Å². The number of aliphatic hydroxyl groups excluding tert-OH is 1. The first-order chi connectivity index (χ1) is 5.83. The Balaban J connectivity index is 3.86. The number of aliphatic hydroxyl groups is 1. The predicted octanol–water partition coefficient (Wildman–Crippen LogP) is 2.17. The Kier molecular flexibility index (Phi) is 4.93. The van der Waals surface area contributed by atoms with Crippen LogP contribution >= 0.6 is 0 Å². The minimum atomic E-state index is -0.00892. The molecule has 0 aromatic carbocycles. The molecule has 0 spiro atoms. The zero-order valence-electron chi connectivity index (χ0n) is 9.78. The van der Waals surface area contributed by atoms with Gasteiger partial charge in [-0.15, -0.1) is 0 Å². The minimum Gasteiger partial charge on any atom is -0.396 e. The van der Waals surface area contributed by atoms with E-state index in [2.05, 4.69) is 39.9 Å². The fourth-order valence-corrected chi connectivity index (χ4v) is 1.25. The Labute approximate surface area is 82.7 Å². The molecule has 0 atom stereocenters. The topological polar surface area (TPSA) is 32.3 Å². The maximum Gasteiger partial charge on any atom is 0.0494 e. The van der Waals surface area contributed by atoms with Gasteiger partial charge in [-0.2, -0.15) is 0 Å². The zero-order chi connectivity index (χ0) is 10.5. The third kappa shape index (κ3) is 6.05. The zero-order valence-corrected chi connectivity index (χ0v) is 9.78. The minimum absolute atomic E-state index is 0.00892. The van der Waals surface area contributed by atoms with Gasteiger partial charge in [0.05, 0.1) is 0 Å². The first-order valence-corrected chi connectivity index (χ1v) is 5.19. The average molecular weight is 187 g/mol. The summed E-state index contributed by atoms with van der Waals surface area (Å²) in [7, 11) is 0. The number of hydrogen-bond donors (Lipinski definition) is 2. The lowest BCUT2D eigenvalue weighted by molar-refractivity contribution is 0.144. The van der Waals surface area contributed by atoms with E-state index in [1.807, 2.05) is 0 Å².